The summed E-state index contributed by atoms with van der Waals surface area (Å²) in [5, 5.41) is 7.59. The van der Waals surface area contributed by atoms with Crippen LogP contribution in [0.1, 0.15) is 0 Å². The number of anilines is 1. The van der Waals surface area contributed by atoms with E-state index in [0.29, 0.717) is 5.69 Å². The molecular formula is C8H9ClFNO2. The first-order chi connectivity index (χ1) is 6.06. The molecule has 0 atom stereocenters. The Hall–Kier alpha value is -1.29. The smallest absolute Gasteiger partial charge is 0.318 e. The zero-order chi connectivity index (χ0) is 10.3. The summed E-state index contributed by atoms with van der Waals surface area (Å²) < 4.78 is 12.0. The molecule has 0 radical (unpaired) electrons. The van der Waals surface area contributed by atoms with Crippen LogP contribution >= 0.6 is 11.6 Å². The average Bonchev–Trinajstić information content (AvgIpc) is 2.11. The first-order valence-corrected chi connectivity index (χ1v) is 3.88. The number of hydrogen-bond donors (Lipinski definition) is 2. The van der Waals surface area contributed by atoms with E-state index in [4.69, 9.17) is 22.4 Å². The fourth-order valence-electron chi connectivity index (χ4n) is 0.463. The Morgan fingerprint density at radius 3 is 2.08 bits per heavy atom. The van der Waals surface area contributed by atoms with Gasteiger partial charge in [0.2, 0.25) is 0 Å². The minimum atomic E-state index is -0.980. The van der Waals surface area contributed by atoms with Crippen molar-refractivity contribution in [2.45, 2.75) is 0 Å². The summed E-state index contributed by atoms with van der Waals surface area (Å²) in [6.07, 6.45) is 0. The van der Waals surface area contributed by atoms with Gasteiger partial charge in [-0.3, -0.25) is 4.79 Å². The summed E-state index contributed by atoms with van der Waals surface area (Å²) in [6, 6.07) is 5.70. The number of benzene rings is 1. The molecule has 1 aromatic rings. The molecule has 0 aliphatic heterocycles. The molecule has 0 bridgehead atoms. The predicted octanol–water partition coefficient (Wildman–Crippen LogP) is 1.72. The SMILES string of the molecule is Nc1ccc(F)cc1.O=C(O)CCl. The quantitative estimate of drug-likeness (QED) is 0.542. The van der Waals surface area contributed by atoms with E-state index in [1.807, 2.05) is 0 Å². The second kappa shape index (κ2) is 6.25. The van der Waals surface area contributed by atoms with Gasteiger partial charge in [-0.1, -0.05) is 0 Å². The highest BCUT2D eigenvalue weighted by Crippen LogP contribution is 2.01. The third kappa shape index (κ3) is 7.08. The molecule has 1 aromatic carbocycles. The molecule has 0 aromatic heterocycles. The zero-order valence-corrected chi connectivity index (χ0v) is 7.46. The van der Waals surface area contributed by atoms with Crippen molar-refractivity contribution in [2.75, 3.05) is 11.6 Å². The largest absolute Gasteiger partial charge is 0.480 e. The van der Waals surface area contributed by atoms with Gasteiger partial charge >= 0.3 is 5.97 Å². The van der Waals surface area contributed by atoms with Crippen molar-refractivity contribution >= 4 is 23.3 Å². The first kappa shape index (κ1) is 11.7. The van der Waals surface area contributed by atoms with Crippen molar-refractivity contribution in [3.63, 3.8) is 0 Å². The van der Waals surface area contributed by atoms with Crippen molar-refractivity contribution in [1.29, 1.82) is 0 Å². The second-order valence-corrected chi connectivity index (χ2v) is 2.35. The van der Waals surface area contributed by atoms with Gasteiger partial charge in [0, 0.05) is 5.69 Å². The summed E-state index contributed by atoms with van der Waals surface area (Å²) in [4.78, 5) is 9.24. The fraction of sp³-hybridized carbons (Fsp3) is 0.125. The highest BCUT2D eigenvalue weighted by atomic mass is 35.5. The standard InChI is InChI=1S/C6H6FN.C2H3ClO2/c7-5-1-3-6(8)4-2-5;3-1-2(4)5/h1-4H,8H2;1H2,(H,4,5). The van der Waals surface area contributed by atoms with E-state index in [9.17, 15) is 9.18 Å². The van der Waals surface area contributed by atoms with Gasteiger partial charge in [-0.25, -0.2) is 4.39 Å². The van der Waals surface area contributed by atoms with Crippen molar-refractivity contribution in [3.05, 3.63) is 30.1 Å². The zero-order valence-electron chi connectivity index (χ0n) is 6.71. The Labute approximate surface area is 79.9 Å². The molecule has 0 fully saturated rings. The molecule has 0 amide bonds. The molecule has 0 heterocycles. The Bertz CT molecular complexity index is 242. The molecule has 3 nitrogen and oxygen atoms in total. The normalized spacial score (nSPS) is 8.46. The maximum atomic E-state index is 12.0. The van der Waals surface area contributed by atoms with Crippen LogP contribution < -0.4 is 5.73 Å². The average molecular weight is 206 g/mol. The lowest BCUT2D eigenvalue weighted by Crippen LogP contribution is -1.92. The van der Waals surface area contributed by atoms with Crippen LogP contribution in [0.4, 0.5) is 10.1 Å². The maximum absolute atomic E-state index is 12.0. The third-order valence-electron chi connectivity index (χ3n) is 0.984. The monoisotopic (exact) mass is 205 g/mol. The van der Waals surface area contributed by atoms with E-state index in [1.54, 1.807) is 0 Å². The minimum Gasteiger partial charge on any atom is -0.480 e. The number of alkyl halides is 1. The third-order valence-corrected chi connectivity index (χ3v) is 1.21. The summed E-state index contributed by atoms with van der Waals surface area (Å²) >= 11 is 4.74. The lowest BCUT2D eigenvalue weighted by Gasteiger charge is -1.87. The molecule has 0 saturated carbocycles. The Morgan fingerprint density at radius 1 is 1.46 bits per heavy atom. The highest BCUT2D eigenvalue weighted by Gasteiger charge is 1.84. The molecule has 0 spiro atoms. The molecular weight excluding hydrogens is 197 g/mol. The fourth-order valence-corrected chi connectivity index (χ4v) is 0.463. The van der Waals surface area contributed by atoms with Crippen LogP contribution in [0.3, 0.4) is 0 Å². The molecule has 5 heteroatoms. The van der Waals surface area contributed by atoms with Crippen molar-refractivity contribution in [3.8, 4) is 0 Å². The van der Waals surface area contributed by atoms with Crippen LogP contribution in [0.5, 0.6) is 0 Å². The number of halogens is 2. The van der Waals surface area contributed by atoms with Gasteiger partial charge in [-0.2, -0.15) is 0 Å². The summed E-state index contributed by atoms with van der Waals surface area (Å²) in [5.41, 5.74) is 5.85. The van der Waals surface area contributed by atoms with E-state index in [2.05, 4.69) is 0 Å². The molecule has 0 aliphatic carbocycles. The minimum absolute atomic E-state index is 0.251. The number of nitrogen functional groups attached to an aromatic ring is 1. The topological polar surface area (TPSA) is 63.3 Å². The number of rotatable bonds is 1. The molecule has 72 valence electrons. The van der Waals surface area contributed by atoms with Gasteiger partial charge in [0.15, 0.2) is 0 Å². The van der Waals surface area contributed by atoms with E-state index < -0.39 is 5.97 Å². The van der Waals surface area contributed by atoms with Crippen LogP contribution in [-0.2, 0) is 4.79 Å². The number of carboxylic acid groups (broad SMARTS) is 1. The van der Waals surface area contributed by atoms with Crippen molar-refractivity contribution < 1.29 is 14.3 Å². The van der Waals surface area contributed by atoms with E-state index in [0.717, 1.165) is 0 Å². The second-order valence-electron chi connectivity index (χ2n) is 2.08. The first-order valence-electron chi connectivity index (χ1n) is 3.35. The van der Waals surface area contributed by atoms with Gasteiger partial charge < -0.3 is 10.8 Å². The van der Waals surface area contributed by atoms with Crippen LogP contribution in [0, 0.1) is 5.82 Å². The molecule has 3 N–H and O–H groups in total. The Balaban J connectivity index is 0.000000252. The molecule has 1 rings (SSSR count). The van der Waals surface area contributed by atoms with Gasteiger partial charge in [0.1, 0.15) is 11.7 Å². The lowest BCUT2D eigenvalue weighted by atomic mass is 10.3. The maximum Gasteiger partial charge on any atom is 0.318 e. The molecule has 0 aliphatic rings. The van der Waals surface area contributed by atoms with E-state index >= 15 is 0 Å². The van der Waals surface area contributed by atoms with Gasteiger partial charge in [0.05, 0.1) is 0 Å². The Morgan fingerprint density at radius 2 is 1.85 bits per heavy atom. The van der Waals surface area contributed by atoms with Crippen LogP contribution in [0.2, 0.25) is 0 Å². The van der Waals surface area contributed by atoms with Gasteiger partial charge in [-0.15, -0.1) is 11.6 Å². The Kier molecular flexibility index (Phi) is 5.63. The number of nitrogens with two attached hydrogens (primary N) is 1. The van der Waals surface area contributed by atoms with Gasteiger partial charge in [0.25, 0.3) is 0 Å². The highest BCUT2D eigenvalue weighted by molar-refractivity contribution is 6.26. The summed E-state index contributed by atoms with van der Waals surface area (Å²) in [5.74, 6) is -1.54. The number of hydrogen-bond acceptors (Lipinski definition) is 2. The molecule has 13 heavy (non-hydrogen) atoms. The van der Waals surface area contributed by atoms with Crippen LogP contribution in [0.15, 0.2) is 24.3 Å². The van der Waals surface area contributed by atoms with E-state index in [-0.39, 0.29) is 11.7 Å². The van der Waals surface area contributed by atoms with Crippen LogP contribution in [0.25, 0.3) is 0 Å². The number of carbonyl (C=O) groups is 1. The van der Waals surface area contributed by atoms with Crippen molar-refractivity contribution in [2.24, 2.45) is 0 Å². The molecule has 0 unspecified atom stereocenters. The van der Waals surface area contributed by atoms with Crippen molar-refractivity contribution in [1.82, 2.24) is 0 Å². The van der Waals surface area contributed by atoms with Crippen LogP contribution in [-0.4, -0.2) is 17.0 Å². The van der Waals surface area contributed by atoms with Gasteiger partial charge in [-0.05, 0) is 24.3 Å². The number of carboxylic acids is 1. The number of aliphatic carboxylic acids is 1. The predicted molar refractivity (Wildman–Crippen MR) is 49.2 cm³/mol. The van der Waals surface area contributed by atoms with E-state index in [1.165, 1.54) is 24.3 Å². The summed E-state index contributed by atoms with van der Waals surface area (Å²) in [6.45, 7) is 0. The molecule has 0 saturated heterocycles. The lowest BCUT2D eigenvalue weighted by molar-refractivity contribution is -0.134. The summed E-state index contributed by atoms with van der Waals surface area (Å²) in [7, 11) is 0.